The molecule has 178 valence electrons. The van der Waals surface area contributed by atoms with Crippen molar-refractivity contribution < 1.29 is 19.1 Å². The van der Waals surface area contributed by atoms with Crippen molar-refractivity contribution in [2.75, 3.05) is 19.0 Å². The number of nitrogens with one attached hydrogen (secondary N) is 1. The van der Waals surface area contributed by atoms with Gasteiger partial charge in [0.05, 0.1) is 12.8 Å². The highest BCUT2D eigenvalue weighted by Crippen LogP contribution is 2.32. The molecule has 7 nitrogen and oxygen atoms in total. The van der Waals surface area contributed by atoms with E-state index in [4.69, 9.17) is 21.1 Å². The lowest BCUT2D eigenvalue weighted by Gasteiger charge is -2.17. The lowest BCUT2D eigenvalue weighted by atomic mass is 9.97. The van der Waals surface area contributed by atoms with Gasteiger partial charge >= 0.3 is 5.97 Å². The number of methoxy groups -OCH3 is 1. The molecule has 35 heavy (non-hydrogen) atoms. The fourth-order valence-electron chi connectivity index (χ4n) is 3.92. The van der Waals surface area contributed by atoms with Crippen molar-refractivity contribution in [3.8, 4) is 16.9 Å². The Morgan fingerprint density at radius 3 is 2.34 bits per heavy atom. The van der Waals surface area contributed by atoms with Gasteiger partial charge in [0.2, 0.25) is 0 Å². The van der Waals surface area contributed by atoms with Crippen molar-refractivity contribution in [1.29, 1.82) is 0 Å². The van der Waals surface area contributed by atoms with E-state index in [9.17, 15) is 14.4 Å². The number of rotatable bonds is 6. The van der Waals surface area contributed by atoms with Crippen LogP contribution >= 0.6 is 11.6 Å². The zero-order chi connectivity index (χ0) is 25.1. The molecule has 0 radical (unpaired) electrons. The van der Waals surface area contributed by atoms with Crippen molar-refractivity contribution in [3.05, 3.63) is 93.4 Å². The summed E-state index contributed by atoms with van der Waals surface area (Å²) in [6, 6.07) is 19.6. The number of hydrogen-bond acceptors (Lipinski definition) is 5. The van der Waals surface area contributed by atoms with Gasteiger partial charge in [-0.05, 0) is 35.6 Å². The van der Waals surface area contributed by atoms with Gasteiger partial charge in [-0.3, -0.25) is 9.59 Å². The first-order valence-electron chi connectivity index (χ1n) is 10.8. The number of halogens is 1. The minimum Gasteiger partial charge on any atom is -0.495 e. The Kier molecular flexibility index (Phi) is 6.89. The van der Waals surface area contributed by atoms with E-state index < -0.39 is 18.5 Å². The molecule has 0 fully saturated rings. The zero-order valence-corrected chi connectivity index (χ0v) is 20.2. The van der Waals surface area contributed by atoms with Crippen LogP contribution < -0.4 is 15.6 Å². The Labute approximate surface area is 206 Å². The van der Waals surface area contributed by atoms with Gasteiger partial charge in [0.25, 0.3) is 11.5 Å². The lowest BCUT2D eigenvalue weighted by Crippen LogP contribution is -2.28. The first-order chi connectivity index (χ1) is 16.8. The van der Waals surface area contributed by atoms with Crippen LogP contribution in [0.15, 0.2) is 71.5 Å². The number of fused-ring (bicyclic) bond motifs is 1. The van der Waals surface area contributed by atoms with Crippen LogP contribution in [0.4, 0.5) is 5.69 Å². The third-order valence-corrected chi connectivity index (χ3v) is 6.06. The zero-order valence-electron chi connectivity index (χ0n) is 19.4. The van der Waals surface area contributed by atoms with Crippen LogP contribution in [0.5, 0.6) is 5.75 Å². The molecule has 8 heteroatoms. The molecule has 0 saturated heterocycles. The second kappa shape index (κ2) is 10.0. The topological polar surface area (TPSA) is 86.6 Å². The summed E-state index contributed by atoms with van der Waals surface area (Å²) in [5, 5.41) is 4.27. The number of benzene rings is 3. The normalized spacial score (nSPS) is 10.7. The number of esters is 1. The smallest absolute Gasteiger partial charge is 0.356 e. The molecule has 1 heterocycles. The van der Waals surface area contributed by atoms with Gasteiger partial charge in [-0.25, -0.2) is 4.79 Å². The van der Waals surface area contributed by atoms with E-state index in [1.54, 1.807) is 43.3 Å². The van der Waals surface area contributed by atoms with E-state index in [-0.39, 0.29) is 11.3 Å². The van der Waals surface area contributed by atoms with E-state index in [0.29, 0.717) is 32.8 Å². The average molecular weight is 491 g/mol. The molecule has 0 aliphatic rings. The maximum Gasteiger partial charge on any atom is 0.356 e. The highest BCUT2D eigenvalue weighted by molar-refractivity contribution is 6.31. The van der Waals surface area contributed by atoms with Crippen LogP contribution in [0.1, 0.15) is 16.1 Å². The Balaban J connectivity index is 1.66. The SMILES string of the molecule is COc1cc(Cl)c(C)cc1NC(=O)COC(=O)c1c(-c2ccccc2)c2ccccc2c(=O)n1C. The van der Waals surface area contributed by atoms with Crippen LogP contribution in [0.25, 0.3) is 21.9 Å². The second-order valence-corrected chi connectivity index (χ2v) is 8.33. The predicted molar refractivity (Wildman–Crippen MR) is 136 cm³/mol. The van der Waals surface area contributed by atoms with Crippen LogP contribution in [-0.4, -0.2) is 30.2 Å². The summed E-state index contributed by atoms with van der Waals surface area (Å²) >= 11 is 6.12. The Morgan fingerprint density at radius 2 is 1.66 bits per heavy atom. The van der Waals surface area contributed by atoms with Gasteiger partial charge in [0.15, 0.2) is 6.61 Å². The number of hydrogen-bond donors (Lipinski definition) is 1. The minimum absolute atomic E-state index is 0.0626. The lowest BCUT2D eigenvalue weighted by molar-refractivity contribution is -0.119. The molecule has 0 bridgehead atoms. The summed E-state index contributed by atoms with van der Waals surface area (Å²) in [6.45, 7) is 1.24. The number of aromatic nitrogens is 1. The van der Waals surface area contributed by atoms with Gasteiger partial charge in [-0.1, -0.05) is 60.1 Å². The monoisotopic (exact) mass is 490 g/mol. The largest absolute Gasteiger partial charge is 0.495 e. The highest BCUT2D eigenvalue weighted by Gasteiger charge is 2.23. The van der Waals surface area contributed by atoms with Crippen molar-refractivity contribution in [3.63, 3.8) is 0 Å². The number of amides is 1. The number of carbonyl (C=O) groups is 2. The summed E-state index contributed by atoms with van der Waals surface area (Å²) in [4.78, 5) is 38.8. The first-order valence-corrected chi connectivity index (χ1v) is 11.2. The molecule has 4 rings (SSSR count). The van der Waals surface area contributed by atoms with Crippen LogP contribution in [0, 0.1) is 6.92 Å². The predicted octanol–water partition coefficient (Wildman–Crippen LogP) is 4.97. The molecule has 0 spiro atoms. The number of nitrogens with zero attached hydrogens (tertiary/aromatic N) is 1. The van der Waals surface area contributed by atoms with Crippen LogP contribution in [0.3, 0.4) is 0 Å². The standard InChI is InChI=1S/C27H23ClN2O5/c1-16-13-21(22(34-3)14-20(16)28)29-23(31)15-35-27(33)25-24(17-9-5-4-6-10-17)18-11-7-8-12-19(18)26(32)30(25)2/h4-14H,15H2,1-3H3,(H,29,31). The van der Waals surface area contributed by atoms with Gasteiger partial charge in [-0.2, -0.15) is 0 Å². The maximum absolute atomic E-state index is 13.2. The molecule has 1 aromatic heterocycles. The second-order valence-electron chi connectivity index (χ2n) is 7.93. The van der Waals surface area contributed by atoms with E-state index in [1.165, 1.54) is 18.7 Å². The number of aryl methyl sites for hydroxylation is 1. The molecule has 3 aromatic carbocycles. The number of ether oxygens (including phenoxy) is 2. The van der Waals surface area contributed by atoms with Gasteiger partial charge in [0.1, 0.15) is 11.4 Å². The summed E-state index contributed by atoms with van der Waals surface area (Å²) in [5.74, 6) is -0.974. The fraction of sp³-hybridized carbons (Fsp3) is 0.148. The molecule has 1 N–H and O–H groups in total. The molecule has 4 aromatic rings. The summed E-state index contributed by atoms with van der Waals surface area (Å²) in [5.41, 5.74) is 2.18. The third-order valence-electron chi connectivity index (χ3n) is 5.65. The van der Waals surface area contributed by atoms with Crippen molar-refractivity contribution >= 4 is 39.9 Å². The minimum atomic E-state index is -0.788. The Hall–Kier alpha value is -4.10. The highest BCUT2D eigenvalue weighted by atomic mass is 35.5. The number of anilines is 1. The van der Waals surface area contributed by atoms with E-state index in [2.05, 4.69) is 5.32 Å². The van der Waals surface area contributed by atoms with E-state index in [0.717, 1.165) is 11.1 Å². The van der Waals surface area contributed by atoms with Gasteiger partial charge in [0, 0.05) is 29.1 Å². The molecule has 1 amide bonds. The van der Waals surface area contributed by atoms with Crippen molar-refractivity contribution in [2.24, 2.45) is 7.05 Å². The maximum atomic E-state index is 13.2. The van der Waals surface area contributed by atoms with Crippen molar-refractivity contribution in [1.82, 2.24) is 4.57 Å². The summed E-state index contributed by atoms with van der Waals surface area (Å²) in [6.07, 6.45) is 0. The quantitative estimate of drug-likeness (QED) is 0.385. The van der Waals surface area contributed by atoms with E-state index in [1.807, 2.05) is 30.3 Å². The molecule has 0 aliphatic carbocycles. The Morgan fingerprint density at radius 1 is 1.00 bits per heavy atom. The molecule has 0 aliphatic heterocycles. The third kappa shape index (κ3) is 4.76. The fourth-order valence-corrected chi connectivity index (χ4v) is 4.07. The number of pyridine rings is 1. The van der Waals surface area contributed by atoms with Crippen molar-refractivity contribution in [2.45, 2.75) is 6.92 Å². The summed E-state index contributed by atoms with van der Waals surface area (Å²) < 4.78 is 11.9. The average Bonchev–Trinajstić information content (AvgIpc) is 2.87. The number of carbonyl (C=O) groups excluding carboxylic acids is 2. The molecule has 0 saturated carbocycles. The molecule has 0 atom stereocenters. The van der Waals surface area contributed by atoms with Gasteiger partial charge < -0.3 is 19.4 Å². The van der Waals surface area contributed by atoms with Crippen LogP contribution in [0.2, 0.25) is 5.02 Å². The Bertz CT molecular complexity index is 1500. The molecular formula is C27H23ClN2O5. The van der Waals surface area contributed by atoms with Crippen LogP contribution in [-0.2, 0) is 16.6 Å². The molecule has 0 unspecified atom stereocenters. The summed E-state index contributed by atoms with van der Waals surface area (Å²) in [7, 11) is 2.97. The van der Waals surface area contributed by atoms with Gasteiger partial charge in [-0.15, -0.1) is 0 Å². The first kappa shape index (κ1) is 24.0. The van der Waals surface area contributed by atoms with E-state index >= 15 is 0 Å². The molecular weight excluding hydrogens is 468 g/mol.